The van der Waals surface area contributed by atoms with Crippen molar-refractivity contribution in [2.75, 3.05) is 4.90 Å². The van der Waals surface area contributed by atoms with Gasteiger partial charge in [-0.3, -0.25) is 14.4 Å². The summed E-state index contributed by atoms with van der Waals surface area (Å²) in [6.45, 7) is 3.40. The Hall–Kier alpha value is -2.23. The molecule has 0 N–H and O–H groups in total. The minimum absolute atomic E-state index is 0.0749. The second kappa shape index (κ2) is 4.15. The Balaban J connectivity index is 1.79. The molecular formula is C18H17NO3. The number of allylic oxidation sites excluding steroid dienone is 2. The quantitative estimate of drug-likeness (QED) is 0.479. The van der Waals surface area contributed by atoms with Crippen molar-refractivity contribution in [2.45, 2.75) is 20.3 Å². The molecule has 0 radical (unpaired) electrons. The number of amides is 2. The number of Topliss-reactive ketones (excluding diaryl/α,β-unsaturated/α-hetero) is 1. The predicted octanol–water partition coefficient (Wildman–Crippen LogP) is 2.59. The van der Waals surface area contributed by atoms with Crippen LogP contribution in [0.2, 0.25) is 0 Å². The minimum Gasteiger partial charge on any atom is -0.295 e. The van der Waals surface area contributed by atoms with Crippen molar-refractivity contribution in [3.63, 3.8) is 0 Å². The average molecular weight is 295 g/mol. The first-order valence-electron chi connectivity index (χ1n) is 7.62. The Labute approximate surface area is 128 Å². The Kier molecular flexibility index (Phi) is 2.54. The van der Waals surface area contributed by atoms with Crippen LogP contribution in [0.4, 0.5) is 5.69 Å². The minimum atomic E-state index is -0.622. The van der Waals surface area contributed by atoms with E-state index in [1.165, 1.54) is 11.8 Å². The Morgan fingerprint density at radius 3 is 2.73 bits per heavy atom. The molecule has 1 aliphatic heterocycles. The molecule has 0 spiro atoms. The molecule has 3 aliphatic rings. The number of anilines is 1. The highest BCUT2D eigenvalue weighted by Crippen LogP contribution is 2.60. The van der Waals surface area contributed by atoms with Gasteiger partial charge in [0.25, 0.3) is 0 Å². The SMILES string of the molecule is CC(=O)c1cccc(N2C(=O)C3C4C=CC(C4)C3(C)C2=O)c1. The molecule has 2 fully saturated rings. The van der Waals surface area contributed by atoms with Crippen LogP contribution in [0.3, 0.4) is 0 Å². The lowest BCUT2D eigenvalue weighted by Crippen LogP contribution is -2.37. The number of fused-ring (bicyclic) bond motifs is 5. The summed E-state index contributed by atoms with van der Waals surface area (Å²) in [5.41, 5.74) is 0.405. The zero-order chi connectivity index (χ0) is 15.6. The summed E-state index contributed by atoms with van der Waals surface area (Å²) in [4.78, 5) is 38.7. The first-order chi connectivity index (χ1) is 10.4. The predicted molar refractivity (Wildman–Crippen MR) is 81.3 cm³/mol. The summed E-state index contributed by atoms with van der Waals surface area (Å²) in [7, 11) is 0. The maximum absolute atomic E-state index is 13.0. The topological polar surface area (TPSA) is 54.5 Å². The number of imide groups is 1. The molecule has 112 valence electrons. The van der Waals surface area contributed by atoms with Gasteiger partial charge in [-0.25, -0.2) is 4.90 Å². The third-order valence-electron chi connectivity index (χ3n) is 5.62. The summed E-state index contributed by atoms with van der Waals surface area (Å²) >= 11 is 0. The fourth-order valence-electron chi connectivity index (χ4n) is 4.41. The van der Waals surface area contributed by atoms with Crippen LogP contribution in [-0.4, -0.2) is 17.6 Å². The number of carbonyl (C=O) groups excluding carboxylic acids is 3. The fraction of sp³-hybridized carbons (Fsp3) is 0.389. The van der Waals surface area contributed by atoms with Gasteiger partial charge in [0.05, 0.1) is 17.0 Å². The van der Waals surface area contributed by atoms with Gasteiger partial charge in [0.15, 0.2) is 5.78 Å². The van der Waals surface area contributed by atoms with Crippen LogP contribution < -0.4 is 4.90 Å². The van der Waals surface area contributed by atoms with Crippen LogP contribution in [0.25, 0.3) is 0 Å². The molecule has 4 rings (SSSR count). The van der Waals surface area contributed by atoms with Crippen molar-refractivity contribution < 1.29 is 14.4 Å². The van der Waals surface area contributed by atoms with Gasteiger partial charge in [0.1, 0.15) is 0 Å². The van der Waals surface area contributed by atoms with E-state index in [0.29, 0.717) is 11.3 Å². The van der Waals surface area contributed by atoms with Gasteiger partial charge in [-0.05, 0) is 44.2 Å². The number of rotatable bonds is 2. The third-order valence-corrected chi connectivity index (χ3v) is 5.62. The van der Waals surface area contributed by atoms with E-state index in [1.807, 2.05) is 6.92 Å². The van der Waals surface area contributed by atoms with Crippen LogP contribution in [0.1, 0.15) is 30.6 Å². The van der Waals surface area contributed by atoms with Gasteiger partial charge >= 0.3 is 0 Å². The second-order valence-electron chi connectivity index (χ2n) is 6.74. The van der Waals surface area contributed by atoms with E-state index in [1.54, 1.807) is 24.3 Å². The molecule has 1 saturated heterocycles. The number of nitrogens with zero attached hydrogens (tertiary/aromatic N) is 1. The van der Waals surface area contributed by atoms with E-state index >= 15 is 0 Å². The first kappa shape index (κ1) is 13.4. The van der Waals surface area contributed by atoms with E-state index in [9.17, 15) is 14.4 Å². The van der Waals surface area contributed by atoms with Gasteiger partial charge in [0.2, 0.25) is 11.8 Å². The molecular weight excluding hydrogens is 278 g/mol. The molecule has 4 unspecified atom stereocenters. The lowest BCUT2D eigenvalue weighted by molar-refractivity contribution is -0.127. The molecule has 22 heavy (non-hydrogen) atoms. The largest absolute Gasteiger partial charge is 0.295 e. The van der Waals surface area contributed by atoms with Crippen molar-refractivity contribution in [2.24, 2.45) is 23.2 Å². The highest BCUT2D eigenvalue weighted by molar-refractivity contribution is 6.24. The molecule has 4 atom stereocenters. The van der Waals surface area contributed by atoms with Crippen molar-refractivity contribution >= 4 is 23.3 Å². The Morgan fingerprint density at radius 2 is 2.05 bits per heavy atom. The van der Waals surface area contributed by atoms with Crippen molar-refractivity contribution in [1.82, 2.24) is 0 Å². The van der Waals surface area contributed by atoms with E-state index in [-0.39, 0.29) is 35.4 Å². The monoisotopic (exact) mass is 295 g/mol. The van der Waals surface area contributed by atoms with Crippen molar-refractivity contribution in [1.29, 1.82) is 0 Å². The third kappa shape index (κ3) is 1.45. The molecule has 1 heterocycles. The molecule has 0 aromatic heterocycles. The molecule has 1 saturated carbocycles. The summed E-state index contributed by atoms with van der Waals surface area (Å²) < 4.78 is 0. The number of carbonyl (C=O) groups is 3. The van der Waals surface area contributed by atoms with Crippen LogP contribution in [0.15, 0.2) is 36.4 Å². The van der Waals surface area contributed by atoms with Crippen molar-refractivity contribution in [3.8, 4) is 0 Å². The Bertz CT molecular complexity index is 750. The summed E-state index contributed by atoms with van der Waals surface area (Å²) in [6.07, 6.45) is 5.07. The highest BCUT2D eigenvalue weighted by Gasteiger charge is 2.67. The lowest BCUT2D eigenvalue weighted by Gasteiger charge is -2.28. The van der Waals surface area contributed by atoms with Crippen LogP contribution in [-0.2, 0) is 9.59 Å². The van der Waals surface area contributed by atoms with Crippen LogP contribution in [0, 0.1) is 23.2 Å². The van der Waals surface area contributed by atoms with E-state index < -0.39 is 5.41 Å². The molecule has 4 nitrogen and oxygen atoms in total. The van der Waals surface area contributed by atoms with Gasteiger partial charge < -0.3 is 0 Å². The molecule has 1 aromatic carbocycles. The number of hydrogen-bond acceptors (Lipinski definition) is 3. The van der Waals surface area contributed by atoms with Gasteiger partial charge in [0, 0.05) is 5.56 Å². The standard InChI is InChI=1S/C18H17NO3/c1-10(20)11-4-3-5-14(9-11)19-16(21)15-12-6-7-13(8-12)18(15,2)17(19)22/h3-7,9,12-13,15H,8H2,1-2H3. The maximum atomic E-state index is 13.0. The summed E-state index contributed by atoms with van der Waals surface area (Å²) in [5, 5.41) is 0. The van der Waals surface area contributed by atoms with E-state index in [0.717, 1.165) is 6.42 Å². The Morgan fingerprint density at radius 1 is 1.27 bits per heavy atom. The molecule has 2 aliphatic carbocycles. The van der Waals surface area contributed by atoms with Crippen molar-refractivity contribution in [3.05, 3.63) is 42.0 Å². The summed E-state index contributed by atoms with van der Waals surface area (Å²) in [5.74, 6) is -0.248. The molecule has 4 heteroatoms. The van der Waals surface area contributed by atoms with E-state index in [2.05, 4.69) is 12.2 Å². The lowest BCUT2D eigenvalue weighted by atomic mass is 9.71. The molecule has 1 aromatic rings. The first-order valence-corrected chi connectivity index (χ1v) is 7.62. The number of ketones is 1. The zero-order valence-electron chi connectivity index (χ0n) is 12.6. The maximum Gasteiger partial charge on any atom is 0.241 e. The second-order valence-corrected chi connectivity index (χ2v) is 6.74. The fourth-order valence-corrected chi connectivity index (χ4v) is 4.41. The average Bonchev–Trinajstić information content (AvgIpc) is 3.12. The van der Waals surface area contributed by atoms with Gasteiger partial charge in [-0.15, -0.1) is 0 Å². The number of benzene rings is 1. The molecule has 2 amide bonds. The normalized spacial score (nSPS) is 35.4. The summed E-state index contributed by atoms with van der Waals surface area (Å²) in [6, 6.07) is 6.78. The smallest absolute Gasteiger partial charge is 0.241 e. The van der Waals surface area contributed by atoms with Gasteiger partial charge in [-0.2, -0.15) is 0 Å². The zero-order valence-corrected chi connectivity index (χ0v) is 12.6. The van der Waals surface area contributed by atoms with E-state index in [4.69, 9.17) is 0 Å². The number of hydrogen-bond donors (Lipinski definition) is 0. The molecule has 2 bridgehead atoms. The van der Waals surface area contributed by atoms with Gasteiger partial charge in [-0.1, -0.05) is 24.3 Å². The van der Waals surface area contributed by atoms with Crippen LogP contribution in [0.5, 0.6) is 0 Å². The van der Waals surface area contributed by atoms with Crippen LogP contribution >= 0.6 is 0 Å². The highest BCUT2D eigenvalue weighted by atomic mass is 16.2.